The van der Waals surface area contributed by atoms with Gasteiger partial charge in [0.05, 0.1) is 5.69 Å². The predicted molar refractivity (Wildman–Crippen MR) is 114 cm³/mol. The topological polar surface area (TPSA) is 57.8 Å². The summed E-state index contributed by atoms with van der Waals surface area (Å²) in [4.78, 5) is 12.3. The fourth-order valence-electron chi connectivity index (χ4n) is 3.72. The van der Waals surface area contributed by atoms with Crippen LogP contribution in [0.15, 0.2) is 12.1 Å². The van der Waals surface area contributed by atoms with Crippen molar-refractivity contribution in [2.24, 2.45) is 0 Å². The van der Waals surface area contributed by atoms with Crippen LogP contribution in [0.1, 0.15) is 49.2 Å². The van der Waals surface area contributed by atoms with Gasteiger partial charge in [-0.15, -0.1) is 0 Å². The van der Waals surface area contributed by atoms with E-state index in [9.17, 15) is 0 Å². The molecule has 3 aromatic rings. The van der Waals surface area contributed by atoms with E-state index in [0.717, 1.165) is 53.6 Å². The molecule has 0 bridgehead atoms. The Morgan fingerprint density at radius 2 is 1.74 bits per heavy atom. The minimum atomic E-state index is 0.493. The third-order valence-corrected chi connectivity index (χ3v) is 5.82. The van der Waals surface area contributed by atoms with Crippen molar-refractivity contribution in [2.75, 3.05) is 18.0 Å². The molecule has 0 fully saturated rings. The lowest BCUT2D eigenvalue weighted by atomic mass is 10.1. The summed E-state index contributed by atoms with van der Waals surface area (Å²) in [6.45, 7) is 14.5. The zero-order valence-corrected chi connectivity index (χ0v) is 18.0. The van der Waals surface area contributed by atoms with E-state index in [2.05, 4.69) is 51.7 Å². The van der Waals surface area contributed by atoms with Gasteiger partial charge < -0.3 is 4.90 Å². The van der Waals surface area contributed by atoms with Gasteiger partial charge in [0.25, 0.3) is 0 Å². The Balaban J connectivity index is 2.29. The van der Waals surface area contributed by atoms with Crippen molar-refractivity contribution < 1.29 is 0 Å². The quantitative estimate of drug-likeness (QED) is 0.664. The summed E-state index contributed by atoms with van der Waals surface area (Å²) >= 11 is 1.47. The number of hydrogen-bond acceptors (Lipinski definition) is 5. The molecular formula is C21H29N5S. The number of fused-ring (bicyclic) bond motifs is 1. The van der Waals surface area contributed by atoms with Crippen molar-refractivity contribution >= 4 is 27.5 Å². The first-order valence-corrected chi connectivity index (χ1v) is 10.5. The highest BCUT2D eigenvalue weighted by molar-refractivity contribution is 7.16. The van der Waals surface area contributed by atoms with Crippen molar-refractivity contribution in [1.29, 1.82) is 5.41 Å². The molecule has 2 heterocycles. The number of nitrogens with zero attached hydrogens (tertiary/aromatic N) is 4. The van der Waals surface area contributed by atoms with Crippen LogP contribution in [0, 0.1) is 33.1 Å². The van der Waals surface area contributed by atoms with Gasteiger partial charge in [-0.2, -0.15) is 0 Å². The molecule has 0 atom stereocenters. The highest BCUT2D eigenvalue weighted by atomic mass is 32.1. The maximum absolute atomic E-state index is 8.68. The SMILES string of the molecule is CCCCN(CC)c1nc(C)nc2c1sc(=N)n2-c1c(C)cc(C)cc1C. The smallest absolute Gasteiger partial charge is 0.189 e. The number of benzene rings is 1. The van der Waals surface area contributed by atoms with E-state index in [0.29, 0.717) is 4.80 Å². The number of thiazole rings is 1. The Morgan fingerprint density at radius 1 is 1.07 bits per heavy atom. The third-order valence-electron chi connectivity index (χ3n) is 4.88. The molecule has 2 aromatic heterocycles. The molecule has 0 saturated carbocycles. The molecule has 144 valence electrons. The zero-order chi connectivity index (χ0) is 19.7. The average Bonchev–Trinajstić information content (AvgIpc) is 2.91. The second kappa shape index (κ2) is 7.80. The summed E-state index contributed by atoms with van der Waals surface area (Å²) in [6, 6.07) is 4.35. The minimum Gasteiger partial charge on any atom is -0.356 e. The first-order chi connectivity index (χ1) is 12.9. The standard InChI is InChI=1S/C21H29N5S/c1-7-9-10-25(8-2)19-18-20(24-16(6)23-19)26(21(22)27-18)17-14(4)11-13(3)12-15(17)5/h11-12,22H,7-10H2,1-6H3. The number of nitrogens with one attached hydrogen (secondary N) is 1. The summed E-state index contributed by atoms with van der Waals surface area (Å²) in [5.41, 5.74) is 5.49. The lowest BCUT2D eigenvalue weighted by Gasteiger charge is -2.22. The van der Waals surface area contributed by atoms with Crippen molar-refractivity contribution in [2.45, 2.75) is 54.4 Å². The van der Waals surface area contributed by atoms with Gasteiger partial charge in [-0.1, -0.05) is 42.4 Å². The molecule has 0 aliphatic carbocycles. The van der Waals surface area contributed by atoms with E-state index in [1.54, 1.807) is 0 Å². The number of aromatic nitrogens is 3. The van der Waals surface area contributed by atoms with Crippen molar-refractivity contribution in [3.63, 3.8) is 0 Å². The Morgan fingerprint density at radius 3 is 2.33 bits per heavy atom. The average molecular weight is 384 g/mol. The van der Waals surface area contributed by atoms with Crippen LogP contribution in [-0.4, -0.2) is 27.6 Å². The Kier molecular flexibility index (Phi) is 5.65. The molecule has 0 aliphatic heterocycles. The van der Waals surface area contributed by atoms with E-state index in [1.165, 1.54) is 28.0 Å². The van der Waals surface area contributed by atoms with Crippen LogP contribution in [-0.2, 0) is 0 Å². The Labute approximate surface area is 165 Å². The molecule has 0 radical (unpaired) electrons. The van der Waals surface area contributed by atoms with Crippen LogP contribution in [0.3, 0.4) is 0 Å². The van der Waals surface area contributed by atoms with E-state index in [1.807, 2.05) is 11.5 Å². The predicted octanol–water partition coefficient (Wildman–Crippen LogP) is 4.82. The first kappa shape index (κ1) is 19.5. The highest BCUT2D eigenvalue weighted by Gasteiger charge is 2.20. The van der Waals surface area contributed by atoms with E-state index in [-0.39, 0.29) is 0 Å². The van der Waals surface area contributed by atoms with E-state index < -0.39 is 0 Å². The molecule has 0 amide bonds. The summed E-state index contributed by atoms with van der Waals surface area (Å²) in [5, 5.41) is 8.68. The molecule has 27 heavy (non-hydrogen) atoms. The van der Waals surface area contributed by atoms with Gasteiger partial charge in [0.15, 0.2) is 16.3 Å². The fourth-order valence-corrected chi connectivity index (χ4v) is 4.68. The molecule has 0 saturated heterocycles. The molecule has 0 unspecified atom stereocenters. The lowest BCUT2D eigenvalue weighted by Crippen LogP contribution is -2.25. The van der Waals surface area contributed by atoms with Gasteiger partial charge in [-0.05, 0) is 52.2 Å². The number of hydrogen-bond donors (Lipinski definition) is 1. The molecule has 0 spiro atoms. The molecule has 1 N–H and O–H groups in total. The van der Waals surface area contributed by atoms with Gasteiger partial charge >= 0.3 is 0 Å². The lowest BCUT2D eigenvalue weighted by molar-refractivity contribution is 0.724. The van der Waals surface area contributed by atoms with Crippen molar-refractivity contribution in [3.05, 3.63) is 39.4 Å². The largest absolute Gasteiger partial charge is 0.356 e. The number of anilines is 1. The number of rotatable bonds is 6. The maximum atomic E-state index is 8.68. The van der Waals surface area contributed by atoms with Crippen LogP contribution in [0.4, 0.5) is 5.82 Å². The summed E-state index contributed by atoms with van der Waals surface area (Å²) in [6.07, 6.45) is 2.28. The third kappa shape index (κ3) is 3.63. The van der Waals surface area contributed by atoms with E-state index >= 15 is 0 Å². The molecule has 6 heteroatoms. The number of aryl methyl sites for hydroxylation is 4. The monoisotopic (exact) mass is 383 g/mol. The van der Waals surface area contributed by atoms with Crippen LogP contribution in [0.5, 0.6) is 0 Å². The van der Waals surface area contributed by atoms with Crippen molar-refractivity contribution in [3.8, 4) is 5.69 Å². The van der Waals surface area contributed by atoms with Crippen LogP contribution in [0.2, 0.25) is 0 Å². The van der Waals surface area contributed by atoms with Gasteiger partial charge in [0, 0.05) is 13.1 Å². The summed E-state index contributed by atoms with van der Waals surface area (Å²) < 4.78 is 3.00. The second-order valence-electron chi connectivity index (χ2n) is 7.17. The van der Waals surface area contributed by atoms with Crippen LogP contribution >= 0.6 is 11.3 Å². The fraction of sp³-hybridized carbons (Fsp3) is 0.476. The Bertz CT molecular complexity index is 1010. The van der Waals surface area contributed by atoms with Crippen molar-refractivity contribution in [1.82, 2.24) is 14.5 Å². The van der Waals surface area contributed by atoms with Gasteiger partial charge in [0.1, 0.15) is 10.5 Å². The van der Waals surface area contributed by atoms with Crippen LogP contribution < -0.4 is 9.70 Å². The summed E-state index contributed by atoms with van der Waals surface area (Å²) in [7, 11) is 0. The van der Waals surface area contributed by atoms with Gasteiger partial charge in [-0.25, -0.2) is 9.97 Å². The molecule has 0 aliphatic rings. The highest BCUT2D eigenvalue weighted by Crippen LogP contribution is 2.30. The maximum Gasteiger partial charge on any atom is 0.189 e. The molecule has 5 nitrogen and oxygen atoms in total. The number of unbranched alkanes of at least 4 members (excludes halogenated alkanes) is 1. The second-order valence-corrected chi connectivity index (χ2v) is 8.17. The van der Waals surface area contributed by atoms with E-state index in [4.69, 9.17) is 15.4 Å². The zero-order valence-electron chi connectivity index (χ0n) is 17.2. The normalized spacial score (nSPS) is 11.3. The Hall–Kier alpha value is -2.21. The first-order valence-electron chi connectivity index (χ1n) is 9.65. The molecular weight excluding hydrogens is 354 g/mol. The van der Waals surface area contributed by atoms with Gasteiger partial charge in [0.2, 0.25) is 0 Å². The van der Waals surface area contributed by atoms with Gasteiger partial charge in [-0.3, -0.25) is 9.98 Å². The molecule has 3 rings (SSSR count). The summed E-state index contributed by atoms with van der Waals surface area (Å²) in [5.74, 6) is 1.72. The minimum absolute atomic E-state index is 0.493. The van der Waals surface area contributed by atoms with Crippen LogP contribution in [0.25, 0.3) is 16.0 Å². The molecule has 1 aromatic carbocycles.